The highest BCUT2D eigenvalue weighted by atomic mass is 16.5. The molecule has 1 heterocycles. The first-order chi connectivity index (χ1) is 11.6. The Bertz CT molecular complexity index is 699. The van der Waals surface area contributed by atoms with E-state index < -0.39 is 5.97 Å². The van der Waals surface area contributed by atoms with Gasteiger partial charge in [0, 0.05) is 18.7 Å². The van der Waals surface area contributed by atoms with Gasteiger partial charge in [-0.1, -0.05) is 25.1 Å². The fourth-order valence-corrected chi connectivity index (χ4v) is 2.13. The Morgan fingerprint density at radius 1 is 1.29 bits per heavy atom. The fourth-order valence-electron chi connectivity index (χ4n) is 2.13. The highest BCUT2D eigenvalue weighted by molar-refractivity contribution is 5.95. The predicted molar refractivity (Wildman–Crippen MR) is 86.0 cm³/mol. The minimum absolute atomic E-state index is 0.0254. The summed E-state index contributed by atoms with van der Waals surface area (Å²) in [6, 6.07) is 7.28. The van der Waals surface area contributed by atoms with Crippen molar-refractivity contribution in [2.24, 2.45) is 0 Å². The first kappa shape index (κ1) is 17.6. The van der Waals surface area contributed by atoms with E-state index in [-0.39, 0.29) is 25.5 Å². The zero-order valence-corrected chi connectivity index (χ0v) is 13.9. The van der Waals surface area contributed by atoms with Gasteiger partial charge in [0.15, 0.2) is 12.4 Å². The number of benzene rings is 1. The summed E-state index contributed by atoms with van der Waals surface area (Å²) in [5.74, 6) is -0.104. The number of aromatic nitrogens is 4. The van der Waals surface area contributed by atoms with Gasteiger partial charge in [-0.25, -0.2) is 4.68 Å². The molecule has 0 unspecified atom stereocenters. The molecule has 1 aromatic heterocycles. The van der Waals surface area contributed by atoms with Crippen molar-refractivity contribution in [1.29, 1.82) is 0 Å². The van der Waals surface area contributed by atoms with E-state index >= 15 is 0 Å². The second-order valence-corrected chi connectivity index (χ2v) is 5.30. The lowest BCUT2D eigenvalue weighted by Crippen LogP contribution is -2.27. The molecule has 0 radical (unpaired) electrons. The van der Waals surface area contributed by atoms with Gasteiger partial charge in [-0.15, -0.1) is 5.10 Å². The molecule has 0 saturated carbocycles. The highest BCUT2D eigenvalue weighted by Gasteiger charge is 2.11. The van der Waals surface area contributed by atoms with E-state index in [4.69, 9.17) is 4.74 Å². The number of esters is 1. The normalized spacial score (nSPS) is 10.4. The van der Waals surface area contributed by atoms with Crippen LogP contribution in [-0.4, -0.2) is 38.6 Å². The van der Waals surface area contributed by atoms with Crippen LogP contribution in [0.25, 0.3) is 0 Å². The third-order valence-corrected chi connectivity index (χ3v) is 3.41. The van der Waals surface area contributed by atoms with Crippen molar-refractivity contribution in [3.05, 3.63) is 41.2 Å². The van der Waals surface area contributed by atoms with Gasteiger partial charge in [-0.05, 0) is 35.4 Å². The number of hydrogen-bond acceptors (Lipinski definition) is 6. The molecule has 1 aromatic carbocycles. The fraction of sp³-hybridized carbons (Fsp3) is 0.438. The largest absolute Gasteiger partial charge is 0.457 e. The SMILES string of the molecule is CCCn1nnnc1COC(=O)CCNC(=O)c1ccccc1C. The molecular weight excluding hydrogens is 310 g/mol. The van der Waals surface area contributed by atoms with Crippen molar-refractivity contribution in [3.8, 4) is 0 Å². The molecule has 8 nitrogen and oxygen atoms in total. The summed E-state index contributed by atoms with van der Waals surface area (Å²) in [4.78, 5) is 23.8. The number of rotatable bonds is 8. The number of carbonyl (C=O) groups excluding carboxylic acids is 2. The van der Waals surface area contributed by atoms with Gasteiger partial charge < -0.3 is 10.1 Å². The standard InChI is InChI=1S/C16H21N5O3/c1-3-10-21-14(18-19-20-21)11-24-15(22)8-9-17-16(23)13-7-5-4-6-12(13)2/h4-7H,3,8-11H2,1-2H3,(H,17,23). The third kappa shape index (κ3) is 4.87. The molecule has 1 N–H and O–H groups in total. The number of hydrogen-bond donors (Lipinski definition) is 1. The number of tetrazole rings is 1. The van der Waals surface area contributed by atoms with Crippen LogP contribution in [0.1, 0.15) is 41.5 Å². The molecule has 0 spiro atoms. The minimum Gasteiger partial charge on any atom is -0.457 e. The number of aryl methyl sites for hydroxylation is 2. The van der Waals surface area contributed by atoms with Crippen LogP contribution in [0.15, 0.2) is 24.3 Å². The monoisotopic (exact) mass is 331 g/mol. The topological polar surface area (TPSA) is 99.0 Å². The van der Waals surface area contributed by atoms with Crippen molar-refractivity contribution >= 4 is 11.9 Å². The van der Waals surface area contributed by atoms with Crippen LogP contribution in [0, 0.1) is 6.92 Å². The summed E-state index contributed by atoms with van der Waals surface area (Å²) in [7, 11) is 0. The molecule has 0 saturated heterocycles. The average molecular weight is 331 g/mol. The van der Waals surface area contributed by atoms with Gasteiger partial charge >= 0.3 is 5.97 Å². The lowest BCUT2D eigenvalue weighted by molar-refractivity contribution is -0.145. The molecule has 0 bridgehead atoms. The van der Waals surface area contributed by atoms with Crippen molar-refractivity contribution in [2.75, 3.05) is 6.54 Å². The summed E-state index contributed by atoms with van der Waals surface area (Å²) in [6.07, 6.45) is 0.976. The Kier molecular flexibility index (Phi) is 6.41. The second kappa shape index (κ2) is 8.76. The summed E-state index contributed by atoms with van der Waals surface area (Å²) < 4.78 is 6.74. The van der Waals surface area contributed by atoms with Gasteiger partial charge in [0.05, 0.1) is 6.42 Å². The van der Waals surface area contributed by atoms with E-state index in [1.54, 1.807) is 16.8 Å². The third-order valence-electron chi connectivity index (χ3n) is 3.41. The van der Waals surface area contributed by atoms with Crippen LogP contribution in [0.2, 0.25) is 0 Å². The van der Waals surface area contributed by atoms with Crippen LogP contribution in [0.3, 0.4) is 0 Å². The van der Waals surface area contributed by atoms with Gasteiger partial charge in [-0.2, -0.15) is 0 Å². The van der Waals surface area contributed by atoms with E-state index in [1.165, 1.54) is 0 Å². The number of amides is 1. The molecule has 0 fully saturated rings. The molecule has 0 atom stereocenters. The number of nitrogens with zero attached hydrogens (tertiary/aromatic N) is 4. The number of carbonyl (C=O) groups is 2. The van der Waals surface area contributed by atoms with Crippen molar-refractivity contribution in [1.82, 2.24) is 25.5 Å². The Morgan fingerprint density at radius 2 is 2.08 bits per heavy atom. The highest BCUT2D eigenvalue weighted by Crippen LogP contribution is 2.06. The molecule has 8 heteroatoms. The molecule has 1 amide bonds. The second-order valence-electron chi connectivity index (χ2n) is 5.30. The van der Waals surface area contributed by atoms with E-state index in [0.29, 0.717) is 17.9 Å². The van der Waals surface area contributed by atoms with Crippen molar-refractivity contribution < 1.29 is 14.3 Å². The number of nitrogens with one attached hydrogen (secondary N) is 1. The number of ether oxygens (including phenoxy) is 1. The Balaban J connectivity index is 1.72. The smallest absolute Gasteiger partial charge is 0.308 e. The summed E-state index contributed by atoms with van der Waals surface area (Å²) in [5.41, 5.74) is 1.49. The molecule has 128 valence electrons. The maximum atomic E-state index is 12.0. The maximum absolute atomic E-state index is 12.0. The Labute approximate surface area is 140 Å². The van der Waals surface area contributed by atoms with Gasteiger partial charge in [0.2, 0.25) is 0 Å². The zero-order valence-electron chi connectivity index (χ0n) is 13.9. The van der Waals surface area contributed by atoms with Crippen LogP contribution >= 0.6 is 0 Å². The summed E-state index contributed by atoms with van der Waals surface area (Å²) in [6.45, 7) is 4.79. The van der Waals surface area contributed by atoms with Crippen LogP contribution in [-0.2, 0) is 22.7 Å². The van der Waals surface area contributed by atoms with Crippen molar-refractivity contribution in [3.63, 3.8) is 0 Å². The lowest BCUT2D eigenvalue weighted by Gasteiger charge is -2.08. The molecule has 0 aliphatic rings. The quantitative estimate of drug-likeness (QED) is 0.731. The van der Waals surface area contributed by atoms with Gasteiger partial charge in [0.1, 0.15) is 0 Å². The minimum atomic E-state index is -0.411. The van der Waals surface area contributed by atoms with E-state index in [0.717, 1.165) is 12.0 Å². The first-order valence-corrected chi connectivity index (χ1v) is 7.86. The maximum Gasteiger partial charge on any atom is 0.308 e. The molecule has 0 aliphatic heterocycles. The molecule has 2 aromatic rings. The first-order valence-electron chi connectivity index (χ1n) is 7.86. The Morgan fingerprint density at radius 3 is 2.83 bits per heavy atom. The van der Waals surface area contributed by atoms with Gasteiger partial charge in [-0.3, -0.25) is 9.59 Å². The summed E-state index contributed by atoms with van der Waals surface area (Å²) >= 11 is 0. The lowest BCUT2D eigenvalue weighted by atomic mass is 10.1. The van der Waals surface area contributed by atoms with Crippen LogP contribution < -0.4 is 5.32 Å². The zero-order chi connectivity index (χ0) is 17.4. The molecule has 2 rings (SSSR count). The van der Waals surface area contributed by atoms with E-state index in [1.807, 2.05) is 26.0 Å². The molecular formula is C16H21N5O3. The van der Waals surface area contributed by atoms with Crippen LogP contribution in [0.5, 0.6) is 0 Å². The molecule has 24 heavy (non-hydrogen) atoms. The average Bonchev–Trinajstić information content (AvgIpc) is 3.01. The van der Waals surface area contributed by atoms with Gasteiger partial charge in [0.25, 0.3) is 5.91 Å². The van der Waals surface area contributed by atoms with E-state index in [2.05, 4.69) is 20.8 Å². The Hall–Kier alpha value is -2.77. The van der Waals surface area contributed by atoms with Crippen LogP contribution in [0.4, 0.5) is 0 Å². The van der Waals surface area contributed by atoms with Crippen molar-refractivity contribution in [2.45, 2.75) is 39.8 Å². The molecule has 0 aliphatic carbocycles. The predicted octanol–water partition coefficient (Wildman–Crippen LogP) is 1.25. The van der Waals surface area contributed by atoms with E-state index in [9.17, 15) is 9.59 Å². The summed E-state index contributed by atoms with van der Waals surface area (Å²) in [5, 5.41) is 13.9.